The van der Waals surface area contributed by atoms with E-state index in [2.05, 4.69) is 10.00 Å². The maximum atomic E-state index is 12.9. The van der Waals surface area contributed by atoms with Gasteiger partial charge in [0.25, 0.3) is 0 Å². The molecule has 180 valence electrons. The number of para-hydroxylation sites is 2. The summed E-state index contributed by atoms with van der Waals surface area (Å²) in [4.78, 5) is 16.3. The van der Waals surface area contributed by atoms with Crippen molar-refractivity contribution in [2.45, 2.75) is 47.3 Å². The van der Waals surface area contributed by atoms with Crippen LogP contribution in [-0.4, -0.2) is 53.9 Å². The Morgan fingerprint density at radius 1 is 1.09 bits per heavy atom. The van der Waals surface area contributed by atoms with Crippen molar-refractivity contribution in [1.82, 2.24) is 14.7 Å². The molecule has 0 bridgehead atoms. The lowest BCUT2D eigenvalue weighted by atomic mass is 10.2. The van der Waals surface area contributed by atoms with Crippen molar-refractivity contribution in [2.24, 2.45) is 0 Å². The van der Waals surface area contributed by atoms with Gasteiger partial charge in [-0.1, -0.05) is 51.4 Å². The van der Waals surface area contributed by atoms with E-state index in [4.69, 9.17) is 16.3 Å². The number of methoxy groups -OCH3 is 1. The molecule has 1 aliphatic rings. The van der Waals surface area contributed by atoms with Crippen LogP contribution in [0.5, 0.6) is 5.75 Å². The Balaban J connectivity index is 0.00000121. The fourth-order valence-corrected chi connectivity index (χ4v) is 3.42. The first-order valence-corrected chi connectivity index (χ1v) is 11.1. The van der Waals surface area contributed by atoms with Crippen molar-refractivity contribution >= 4 is 23.2 Å². The molecule has 1 amide bonds. The van der Waals surface area contributed by atoms with Crippen LogP contribution in [0.15, 0.2) is 24.3 Å². The van der Waals surface area contributed by atoms with Gasteiger partial charge in [0.1, 0.15) is 12.3 Å². The number of hydrogen-bond donors (Lipinski definition) is 0. The Kier molecular flexibility index (Phi) is 10.9. The number of rotatable bonds is 4. The predicted molar refractivity (Wildman–Crippen MR) is 121 cm³/mol. The van der Waals surface area contributed by atoms with Crippen molar-refractivity contribution in [3.8, 4) is 5.75 Å². The van der Waals surface area contributed by atoms with Gasteiger partial charge in [0.05, 0.1) is 23.5 Å². The number of alkyl halides is 3. The second-order valence-corrected chi connectivity index (χ2v) is 6.82. The van der Waals surface area contributed by atoms with Crippen molar-refractivity contribution in [3.05, 3.63) is 40.7 Å². The maximum Gasteiger partial charge on any atom is 0.436 e. The average Bonchev–Trinajstić information content (AvgIpc) is 3.10. The molecule has 1 fully saturated rings. The Hall–Kier alpha value is -2.42. The van der Waals surface area contributed by atoms with Crippen molar-refractivity contribution < 1.29 is 22.7 Å². The van der Waals surface area contributed by atoms with Gasteiger partial charge in [0.15, 0.2) is 5.69 Å². The van der Waals surface area contributed by atoms with E-state index in [0.717, 1.165) is 16.1 Å². The molecule has 2 aromatic rings. The highest BCUT2D eigenvalue weighted by Crippen LogP contribution is 2.35. The number of piperazine rings is 1. The minimum absolute atomic E-state index is 0.120. The van der Waals surface area contributed by atoms with Crippen LogP contribution >= 0.6 is 11.6 Å². The van der Waals surface area contributed by atoms with Crippen LogP contribution in [-0.2, 0) is 17.5 Å². The summed E-state index contributed by atoms with van der Waals surface area (Å²) in [6.07, 6.45) is -4.66. The SMILES string of the molecule is CC.CC.COc1ccccc1N1CCN(C(=O)Cn2nc(C(F)(F)F)c(Cl)c2C)CC1. The lowest BCUT2D eigenvalue weighted by Crippen LogP contribution is -2.49. The van der Waals surface area contributed by atoms with Crippen molar-refractivity contribution in [2.75, 3.05) is 38.2 Å². The molecule has 0 aliphatic carbocycles. The summed E-state index contributed by atoms with van der Waals surface area (Å²) < 4.78 is 45.2. The van der Waals surface area contributed by atoms with Gasteiger partial charge in [-0.25, -0.2) is 0 Å². The fourth-order valence-electron chi connectivity index (χ4n) is 3.18. The first kappa shape index (κ1) is 27.6. The van der Waals surface area contributed by atoms with Crippen LogP contribution in [0.3, 0.4) is 0 Å². The standard InChI is InChI=1S/C18H20ClF3N4O2.2C2H6/c1-12-16(19)17(18(20,21)22)23-26(12)11-15(27)25-9-7-24(8-10-25)13-5-3-4-6-14(13)28-2;2*1-2/h3-6H,7-11H2,1-2H3;2*1-2H3. The normalized spacial score (nSPS) is 13.6. The predicted octanol–water partition coefficient (Wildman–Crippen LogP) is 5.27. The zero-order chi connectivity index (χ0) is 24.5. The number of benzene rings is 1. The molecule has 0 unspecified atom stereocenters. The number of amides is 1. The highest BCUT2D eigenvalue weighted by Gasteiger charge is 2.38. The van der Waals surface area contributed by atoms with E-state index in [1.54, 1.807) is 12.0 Å². The summed E-state index contributed by atoms with van der Waals surface area (Å²) >= 11 is 5.74. The van der Waals surface area contributed by atoms with Gasteiger partial charge in [0.2, 0.25) is 5.91 Å². The number of nitrogens with zero attached hydrogens (tertiary/aromatic N) is 4. The molecule has 0 spiro atoms. The number of hydrogen-bond acceptors (Lipinski definition) is 4. The Bertz CT molecular complexity index is 863. The smallest absolute Gasteiger partial charge is 0.436 e. The Labute approximate surface area is 192 Å². The maximum absolute atomic E-state index is 12.9. The summed E-state index contributed by atoms with van der Waals surface area (Å²) in [6, 6.07) is 7.62. The van der Waals surface area contributed by atoms with E-state index in [0.29, 0.717) is 26.2 Å². The largest absolute Gasteiger partial charge is 0.495 e. The molecule has 0 N–H and O–H groups in total. The summed E-state index contributed by atoms with van der Waals surface area (Å²) in [5.74, 6) is 0.458. The monoisotopic (exact) mass is 476 g/mol. The van der Waals surface area contributed by atoms with E-state index in [-0.39, 0.29) is 18.1 Å². The van der Waals surface area contributed by atoms with E-state index in [9.17, 15) is 18.0 Å². The lowest BCUT2D eigenvalue weighted by molar-refractivity contribution is -0.142. The summed E-state index contributed by atoms with van der Waals surface area (Å²) in [6.45, 7) is 11.2. The molecular formula is C22H32ClF3N4O2. The van der Waals surface area contributed by atoms with Gasteiger partial charge in [-0.05, 0) is 19.1 Å². The zero-order valence-corrected chi connectivity index (χ0v) is 20.2. The number of carbonyl (C=O) groups excluding carboxylic acids is 1. The zero-order valence-electron chi connectivity index (χ0n) is 19.5. The molecule has 1 aliphatic heterocycles. The molecule has 1 aromatic heterocycles. The Morgan fingerprint density at radius 2 is 1.66 bits per heavy atom. The first-order valence-electron chi connectivity index (χ1n) is 10.7. The van der Waals surface area contributed by atoms with E-state index < -0.39 is 16.9 Å². The Morgan fingerprint density at radius 3 is 2.16 bits per heavy atom. The highest BCUT2D eigenvalue weighted by molar-refractivity contribution is 6.32. The second kappa shape index (κ2) is 12.6. The van der Waals surface area contributed by atoms with Gasteiger partial charge in [-0.2, -0.15) is 18.3 Å². The minimum atomic E-state index is -4.66. The lowest BCUT2D eigenvalue weighted by Gasteiger charge is -2.36. The molecule has 2 heterocycles. The average molecular weight is 477 g/mol. The molecule has 0 saturated carbocycles. The molecule has 10 heteroatoms. The van der Waals surface area contributed by atoms with Crippen LogP contribution in [0.4, 0.5) is 18.9 Å². The summed E-state index contributed by atoms with van der Waals surface area (Å²) in [5.41, 5.74) is -0.0999. The van der Waals surface area contributed by atoms with Gasteiger partial charge in [-0.3, -0.25) is 9.48 Å². The van der Waals surface area contributed by atoms with Crippen LogP contribution in [0.25, 0.3) is 0 Å². The minimum Gasteiger partial charge on any atom is -0.495 e. The van der Waals surface area contributed by atoms with E-state index >= 15 is 0 Å². The number of carbonyl (C=O) groups is 1. The summed E-state index contributed by atoms with van der Waals surface area (Å²) in [7, 11) is 1.60. The van der Waals surface area contributed by atoms with Gasteiger partial charge < -0.3 is 14.5 Å². The van der Waals surface area contributed by atoms with Gasteiger partial charge >= 0.3 is 6.18 Å². The third kappa shape index (κ3) is 6.54. The third-order valence-corrected chi connectivity index (χ3v) is 5.20. The van der Waals surface area contributed by atoms with Gasteiger partial charge in [-0.15, -0.1) is 0 Å². The highest BCUT2D eigenvalue weighted by atomic mass is 35.5. The van der Waals surface area contributed by atoms with Crippen LogP contribution in [0.2, 0.25) is 5.02 Å². The topological polar surface area (TPSA) is 50.6 Å². The van der Waals surface area contributed by atoms with E-state index in [1.165, 1.54) is 6.92 Å². The summed E-state index contributed by atoms with van der Waals surface area (Å²) in [5, 5.41) is 3.01. The van der Waals surface area contributed by atoms with Crippen LogP contribution in [0, 0.1) is 6.92 Å². The van der Waals surface area contributed by atoms with E-state index in [1.807, 2.05) is 52.0 Å². The number of halogens is 4. The first-order chi connectivity index (χ1) is 15.2. The third-order valence-electron chi connectivity index (χ3n) is 4.75. The van der Waals surface area contributed by atoms with Crippen LogP contribution in [0.1, 0.15) is 39.1 Å². The number of anilines is 1. The molecule has 1 saturated heterocycles. The molecular weight excluding hydrogens is 445 g/mol. The quantitative estimate of drug-likeness (QED) is 0.603. The fraction of sp³-hybridized carbons (Fsp3) is 0.545. The van der Waals surface area contributed by atoms with Crippen molar-refractivity contribution in [1.29, 1.82) is 0 Å². The van der Waals surface area contributed by atoms with Gasteiger partial charge in [0, 0.05) is 26.2 Å². The molecule has 0 atom stereocenters. The number of ether oxygens (including phenoxy) is 1. The number of aromatic nitrogens is 2. The molecule has 3 rings (SSSR count). The van der Waals surface area contributed by atoms with Crippen molar-refractivity contribution in [3.63, 3.8) is 0 Å². The van der Waals surface area contributed by atoms with Crippen LogP contribution < -0.4 is 9.64 Å². The molecule has 32 heavy (non-hydrogen) atoms. The molecule has 1 aromatic carbocycles. The molecule has 6 nitrogen and oxygen atoms in total. The second-order valence-electron chi connectivity index (χ2n) is 6.44. The molecule has 0 radical (unpaired) electrons.